The number of hydrogen-bond acceptors (Lipinski definition) is 7. The molecule has 3 aromatic rings. The van der Waals surface area contributed by atoms with Gasteiger partial charge in [0.15, 0.2) is 16.7 Å². The molecular weight excluding hydrogens is 452 g/mol. The van der Waals surface area contributed by atoms with Crippen molar-refractivity contribution in [3.8, 4) is 11.5 Å². The summed E-state index contributed by atoms with van der Waals surface area (Å²) < 4.78 is 36.2. The highest BCUT2D eigenvalue weighted by molar-refractivity contribution is 7.99. The first-order chi connectivity index (χ1) is 15.3. The number of aryl methyl sites for hydroxylation is 1. The Balaban J connectivity index is 1.34. The lowest BCUT2D eigenvalue weighted by molar-refractivity contribution is -0.118. The zero-order chi connectivity index (χ0) is 22.7. The predicted molar refractivity (Wildman–Crippen MR) is 122 cm³/mol. The van der Waals surface area contributed by atoms with E-state index in [1.165, 1.54) is 23.9 Å². The fourth-order valence-electron chi connectivity index (χ4n) is 3.45. The van der Waals surface area contributed by atoms with Crippen LogP contribution in [0.1, 0.15) is 12.5 Å². The number of carbonyl (C=O) groups is 1. The molecule has 0 aliphatic carbocycles. The average Bonchev–Trinajstić information content (AvgIpc) is 3.13. The second-order valence-corrected chi connectivity index (χ2v) is 9.70. The Morgan fingerprint density at radius 2 is 1.97 bits per heavy atom. The maximum absolute atomic E-state index is 12.3. The highest BCUT2D eigenvalue weighted by Gasteiger charge is 2.16. The summed E-state index contributed by atoms with van der Waals surface area (Å²) in [7, 11) is -3.80. The van der Waals surface area contributed by atoms with Gasteiger partial charge in [-0.15, -0.1) is 0 Å². The third kappa shape index (κ3) is 5.00. The number of benzene rings is 2. The summed E-state index contributed by atoms with van der Waals surface area (Å²) in [6, 6.07) is 10.4. The fraction of sp³-hybridized carbons (Fsp3) is 0.333. The molecule has 0 unspecified atom stereocenters. The van der Waals surface area contributed by atoms with Crippen LogP contribution in [0.5, 0.6) is 11.5 Å². The lowest BCUT2D eigenvalue weighted by Crippen LogP contribution is -2.27. The van der Waals surface area contributed by atoms with E-state index in [2.05, 4.69) is 10.3 Å². The summed E-state index contributed by atoms with van der Waals surface area (Å²) in [5, 5.41) is 8.78. The molecule has 170 valence electrons. The van der Waals surface area contributed by atoms with Crippen molar-refractivity contribution in [3.05, 3.63) is 42.0 Å². The van der Waals surface area contributed by atoms with E-state index in [-0.39, 0.29) is 16.6 Å². The van der Waals surface area contributed by atoms with Crippen LogP contribution in [0.15, 0.2) is 46.5 Å². The number of sulfonamides is 1. The maximum atomic E-state index is 12.3. The molecule has 0 bridgehead atoms. The van der Waals surface area contributed by atoms with Crippen LogP contribution < -0.4 is 19.9 Å². The smallest absolute Gasteiger partial charge is 0.238 e. The van der Waals surface area contributed by atoms with Gasteiger partial charge in [-0.05, 0) is 49.2 Å². The fourth-order valence-corrected chi connectivity index (χ4v) is 4.89. The number of imidazole rings is 1. The Morgan fingerprint density at radius 1 is 1.19 bits per heavy atom. The van der Waals surface area contributed by atoms with Crippen LogP contribution in [-0.4, -0.2) is 49.4 Å². The number of carbonyl (C=O) groups excluding carboxylic acids is 1. The minimum atomic E-state index is -3.80. The lowest BCUT2D eigenvalue weighted by atomic mass is 10.1. The van der Waals surface area contributed by atoms with Gasteiger partial charge in [-0.3, -0.25) is 4.79 Å². The summed E-state index contributed by atoms with van der Waals surface area (Å²) in [5.74, 6) is 1.58. The predicted octanol–water partition coefficient (Wildman–Crippen LogP) is 1.93. The summed E-state index contributed by atoms with van der Waals surface area (Å²) in [6.07, 6.45) is 0.677. The molecule has 1 aromatic heterocycles. The van der Waals surface area contributed by atoms with Crippen LogP contribution >= 0.6 is 11.8 Å². The van der Waals surface area contributed by atoms with Crippen LogP contribution in [0.25, 0.3) is 11.0 Å². The molecule has 9 nitrogen and oxygen atoms in total. The van der Waals surface area contributed by atoms with Crippen LogP contribution in [0.2, 0.25) is 0 Å². The topological polar surface area (TPSA) is 126 Å². The Bertz CT molecular complexity index is 1260. The highest BCUT2D eigenvalue weighted by atomic mass is 32.2. The summed E-state index contributed by atoms with van der Waals surface area (Å²) in [6.45, 7) is 4.20. The third-order valence-electron chi connectivity index (χ3n) is 5.00. The first-order valence-corrected chi connectivity index (χ1v) is 12.7. The van der Waals surface area contributed by atoms with E-state index in [0.29, 0.717) is 43.4 Å². The van der Waals surface area contributed by atoms with Gasteiger partial charge in [-0.1, -0.05) is 17.8 Å². The van der Waals surface area contributed by atoms with Crippen molar-refractivity contribution in [3.63, 3.8) is 0 Å². The van der Waals surface area contributed by atoms with Gasteiger partial charge in [0.1, 0.15) is 13.2 Å². The largest absolute Gasteiger partial charge is 0.486 e. The van der Waals surface area contributed by atoms with Crippen LogP contribution in [0, 0.1) is 0 Å². The zero-order valence-corrected chi connectivity index (χ0v) is 19.2. The Labute approximate surface area is 190 Å². The van der Waals surface area contributed by atoms with Crippen molar-refractivity contribution in [2.24, 2.45) is 5.14 Å². The summed E-state index contributed by atoms with van der Waals surface area (Å²) >= 11 is 1.31. The molecule has 1 aliphatic rings. The highest BCUT2D eigenvalue weighted by Crippen LogP contribution is 2.31. The van der Waals surface area contributed by atoms with E-state index >= 15 is 0 Å². The van der Waals surface area contributed by atoms with Crippen molar-refractivity contribution < 1.29 is 22.7 Å². The number of hydrogen-bond donors (Lipinski definition) is 2. The molecule has 0 spiro atoms. The molecule has 4 rings (SSSR count). The first kappa shape index (κ1) is 22.4. The van der Waals surface area contributed by atoms with Crippen molar-refractivity contribution in [1.82, 2.24) is 14.9 Å². The molecule has 1 aliphatic heterocycles. The molecule has 32 heavy (non-hydrogen) atoms. The van der Waals surface area contributed by atoms with Gasteiger partial charge in [-0.2, -0.15) is 0 Å². The van der Waals surface area contributed by atoms with Gasteiger partial charge in [-0.25, -0.2) is 18.5 Å². The number of nitrogens with two attached hydrogens (primary N) is 1. The normalized spacial score (nSPS) is 13.3. The number of nitrogens with zero attached hydrogens (tertiary/aromatic N) is 2. The number of amides is 1. The van der Waals surface area contributed by atoms with Crippen molar-refractivity contribution in [1.29, 1.82) is 0 Å². The van der Waals surface area contributed by atoms with Gasteiger partial charge in [0, 0.05) is 13.1 Å². The number of fused-ring (bicyclic) bond motifs is 2. The van der Waals surface area contributed by atoms with E-state index in [1.54, 1.807) is 6.07 Å². The Kier molecular flexibility index (Phi) is 6.58. The molecule has 0 radical (unpaired) electrons. The molecule has 0 atom stereocenters. The van der Waals surface area contributed by atoms with Crippen molar-refractivity contribution in [2.45, 2.75) is 29.9 Å². The molecule has 2 heterocycles. The number of thioether (sulfide) groups is 1. The lowest BCUT2D eigenvalue weighted by Gasteiger charge is -2.18. The Morgan fingerprint density at radius 3 is 2.72 bits per heavy atom. The average molecular weight is 477 g/mol. The van der Waals surface area contributed by atoms with Gasteiger partial charge in [0.05, 0.1) is 21.7 Å². The van der Waals surface area contributed by atoms with Crippen molar-refractivity contribution >= 4 is 38.7 Å². The molecular formula is C21H24N4O5S2. The first-order valence-electron chi connectivity index (χ1n) is 10.2. The van der Waals surface area contributed by atoms with Gasteiger partial charge in [0.2, 0.25) is 15.9 Å². The summed E-state index contributed by atoms with van der Waals surface area (Å²) in [4.78, 5) is 16.8. The minimum Gasteiger partial charge on any atom is -0.486 e. The second kappa shape index (κ2) is 9.39. The number of ether oxygens (including phenoxy) is 2. The van der Waals surface area contributed by atoms with Gasteiger partial charge in [0.25, 0.3) is 0 Å². The molecule has 11 heteroatoms. The minimum absolute atomic E-state index is 0.0131. The molecule has 0 fully saturated rings. The molecule has 3 N–H and O–H groups in total. The number of rotatable bonds is 8. The van der Waals surface area contributed by atoms with E-state index in [0.717, 1.165) is 22.6 Å². The quantitative estimate of drug-likeness (QED) is 0.476. The van der Waals surface area contributed by atoms with E-state index < -0.39 is 10.0 Å². The maximum Gasteiger partial charge on any atom is 0.238 e. The van der Waals surface area contributed by atoms with Crippen LogP contribution in [0.4, 0.5) is 0 Å². The van der Waals surface area contributed by atoms with E-state index in [4.69, 9.17) is 14.6 Å². The van der Waals surface area contributed by atoms with Crippen LogP contribution in [-0.2, 0) is 27.8 Å². The Hall–Kier alpha value is -2.76. The number of aromatic nitrogens is 2. The van der Waals surface area contributed by atoms with E-state index in [1.807, 2.05) is 29.7 Å². The van der Waals surface area contributed by atoms with Gasteiger partial charge < -0.3 is 19.4 Å². The van der Waals surface area contributed by atoms with Crippen molar-refractivity contribution in [2.75, 3.05) is 25.5 Å². The monoisotopic (exact) mass is 476 g/mol. The zero-order valence-electron chi connectivity index (χ0n) is 17.5. The molecule has 1 amide bonds. The number of primary sulfonamides is 1. The molecule has 0 saturated heterocycles. The molecule has 0 saturated carbocycles. The van der Waals surface area contributed by atoms with E-state index in [9.17, 15) is 13.2 Å². The SMILES string of the molecule is CCn1c(SCC(=O)NCCc2ccc3c(c2)OCCO3)nc2cc(S(N)(=O)=O)ccc21. The van der Waals surface area contributed by atoms with Crippen LogP contribution in [0.3, 0.4) is 0 Å². The number of nitrogens with one attached hydrogen (secondary N) is 1. The van der Waals surface area contributed by atoms with Gasteiger partial charge >= 0.3 is 0 Å². The molecule has 2 aromatic carbocycles. The second-order valence-electron chi connectivity index (χ2n) is 7.20. The summed E-state index contributed by atoms with van der Waals surface area (Å²) in [5.41, 5.74) is 2.38. The standard InChI is InChI=1S/C21H24N4O5S2/c1-2-25-17-5-4-15(32(22,27)28)12-16(17)24-21(25)31-13-20(26)23-8-7-14-3-6-18-19(11-14)30-10-9-29-18/h3-6,11-12H,2,7-10,13H2,1H3,(H,23,26)(H2,22,27,28). The third-order valence-corrected chi connectivity index (χ3v) is 6.89.